The van der Waals surface area contributed by atoms with Crippen LogP contribution in [0.4, 0.5) is 0 Å². The third-order valence-electron chi connectivity index (χ3n) is 1.52. The number of carbonyl (C=O) groups excluding carboxylic acids is 2. The Morgan fingerprint density at radius 1 is 1.23 bits per heavy atom. The maximum atomic E-state index is 11.2. The molecule has 0 aliphatic heterocycles. The molecule has 0 radical (unpaired) electrons. The maximum absolute atomic E-state index is 11.2. The van der Waals surface area contributed by atoms with Crippen LogP contribution in [0.25, 0.3) is 0 Å². The van der Waals surface area contributed by atoms with E-state index in [1.807, 2.05) is 0 Å². The van der Waals surface area contributed by atoms with Crippen molar-refractivity contribution >= 4 is 17.9 Å². The van der Waals surface area contributed by atoms with Gasteiger partial charge in [0.05, 0.1) is 6.21 Å². The Kier molecular flexibility index (Phi) is 3.98. The molecule has 3 heteroatoms. The molecule has 0 fully saturated rings. The van der Waals surface area contributed by atoms with E-state index in [0.717, 1.165) is 6.21 Å². The van der Waals surface area contributed by atoms with E-state index in [1.165, 1.54) is 0 Å². The number of Topliss-reactive ketones (excluding diaryl/α,β-unsaturated/α-hetero) is 1. The molecular weight excluding hydrogens is 166 g/mol. The minimum Gasteiger partial charge on any atom is -0.293 e. The van der Waals surface area contributed by atoms with E-state index in [2.05, 4.69) is 4.99 Å². The van der Waals surface area contributed by atoms with E-state index in [1.54, 1.807) is 34.6 Å². The second-order valence-corrected chi connectivity index (χ2v) is 4.37. The van der Waals surface area contributed by atoms with E-state index >= 15 is 0 Å². The SMILES string of the molecule is CC(C)C(=O)C=NC(=O)C(C)(C)C. The number of ketones is 1. The molecule has 0 spiro atoms. The van der Waals surface area contributed by atoms with E-state index in [-0.39, 0.29) is 17.6 Å². The summed E-state index contributed by atoms with van der Waals surface area (Å²) in [6, 6.07) is 0. The standard InChI is InChI=1S/C10H17NO2/c1-7(2)8(12)6-11-9(13)10(3,4)5/h6-7H,1-5H3. The zero-order valence-electron chi connectivity index (χ0n) is 8.92. The van der Waals surface area contributed by atoms with Gasteiger partial charge in [-0.1, -0.05) is 34.6 Å². The summed E-state index contributed by atoms with van der Waals surface area (Å²) < 4.78 is 0. The van der Waals surface area contributed by atoms with Crippen LogP contribution in [0.15, 0.2) is 4.99 Å². The molecule has 0 saturated heterocycles. The second-order valence-electron chi connectivity index (χ2n) is 4.37. The molecular formula is C10H17NO2. The number of hydrogen-bond donors (Lipinski definition) is 0. The summed E-state index contributed by atoms with van der Waals surface area (Å²) >= 11 is 0. The van der Waals surface area contributed by atoms with Crippen molar-refractivity contribution < 1.29 is 9.59 Å². The number of amides is 1. The van der Waals surface area contributed by atoms with E-state index in [0.29, 0.717) is 0 Å². The number of rotatable bonds is 2. The monoisotopic (exact) mass is 183 g/mol. The third kappa shape index (κ3) is 4.55. The molecule has 0 heterocycles. The van der Waals surface area contributed by atoms with Crippen molar-refractivity contribution in [2.75, 3.05) is 0 Å². The zero-order chi connectivity index (χ0) is 10.6. The number of aliphatic imine (C=N–C) groups is 1. The molecule has 0 saturated carbocycles. The first-order chi connectivity index (χ1) is 5.75. The molecule has 0 aromatic carbocycles. The van der Waals surface area contributed by atoms with Gasteiger partial charge < -0.3 is 0 Å². The first-order valence-electron chi connectivity index (χ1n) is 4.37. The summed E-state index contributed by atoms with van der Waals surface area (Å²) in [4.78, 5) is 25.9. The lowest BCUT2D eigenvalue weighted by Gasteiger charge is -2.11. The van der Waals surface area contributed by atoms with Gasteiger partial charge in [0.2, 0.25) is 0 Å². The summed E-state index contributed by atoms with van der Waals surface area (Å²) in [5.74, 6) is -0.476. The number of nitrogens with zero attached hydrogens (tertiary/aromatic N) is 1. The van der Waals surface area contributed by atoms with Crippen LogP contribution in [0.3, 0.4) is 0 Å². The van der Waals surface area contributed by atoms with Gasteiger partial charge in [-0.25, -0.2) is 4.99 Å². The summed E-state index contributed by atoms with van der Waals surface area (Å²) in [5.41, 5.74) is -0.506. The van der Waals surface area contributed by atoms with Crippen LogP contribution < -0.4 is 0 Å². The van der Waals surface area contributed by atoms with Crippen molar-refractivity contribution in [1.29, 1.82) is 0 Å². The Morgan fingerprint density at radius 2 is 1.69 bits per heavy atom. The van der Waals surface area contributed by atoms with Crippen LogP contribution in [-0.2, 0) is 9.59 Å². The minimum absolute atomic E-state index is 0.100. The predicted molar refractivity (Wildman–Crippen MR) is 52.8 cm³/mol. The van der Waals surface area contributed by atoms with Crippen molar-refractivity contribution in [2.45, 2.75) is 34.6 Å². The van der Waals surface area contributed by atoms with Gasteiger partial charge in [0, 0.05) is 11.3 Å². The number of hydrogen-bond acceptors (Lipinski definition) is 2. The van der Waals surface area contributed by atoms with Crippen LogP contribution in [0.2, 0.25) is 0 Å². The zero-order valence-corrected chi connectivity index (χ0v) is 8.92. The molecule has 1 amide bonds. The van der Waals surface area contributed by atoms with Crippen molar-refractivity contribution in [3.05, 3.63) is 0 Å². The Labute approximate surface area is 79.2 Å². The van der Waals surface area contributed by atoms with Crippen molar-refractivity contribution in [1.82, 2.24) is 0 Å². The lowest BCUT2D eigenvalue weighted by molar-refractivity contribution is -0.125. The number of carbonyl (C=O) groups is 2. The van der Waals surface area contributed by atoms with Crippen molar-refractivity contribution in [3.8, 4) is 0 Å². The van der Waals surface area contributed by atoms with Crippen LogP contribution in [0, 0.1) is 11.3 Å². The molecule has 0 aromatic heterocycles. The van der Waals surface area contributed by atoms with Gasteiger partial charge in [-0.05, 0) is 0 Å². The molecule has 3 nitrogen and oxygen atoms in total. The summed E-state index contributed by atoms with van der Waals surface area (Å²) in [5, 5.41) is 0. The summed E-state index contributed by atoms with van der Waals surface area (Å²) in [6.07, 6.45) is 1.12. The smallest absolute Gasteiger partial charge is 0.251 e. The maximum Gasteiger partial charge on any atom is 0.251 e. The molecule has 13 heavy (non-hydrogen) atoms. The Morgan fingerprint density at radius 3 is 2.00 bits per heavy atom. The lowest BCUT2D eigenvalue weighted by Crippen LogP contribution is -2.19. The highest BCUT2D eigenvalue weighted by atomic mass is 16.2. The van der Waals surface area contributed by atoms with Gasteiger partial charge in [0.15, 0.2) is 5.78 Å². The van der Waals surface area contributed by atoms with E-state index in [4.69, 9.17) is 0 Å². The predicted octanol–water partition coefficient (Wildman–Crippen LogP) is 1.85. The van der Waals surface area contributed by atoms with Crippen molar-refractivity contribution in [2.24, 2.45) is 16.3 Å². The lowest BCUT2D eigenvalue weighted by atomic mass is 9.96. The average Bonchev–Trinajstić information content (AvgIpc) is 1.97. The quantitative estimate of drug-likeness (QED) is 0.613. The first kappa shape index (κ1) is 12.0. The Balaban J connectivity index is 4.30. The minimum atomic E-state index is -0.506. The molecule has 0 N–H and O–H groups in total. The Hall–Kier alpha value is -0.990. The topological polar surface area (TPSA) is 46.5 Å². The molecule has 0 rings (SSSR count). The van der Waals surface area contributed by atoms with E-state index < -0.39 is 5.41 Å². The molecule has 0 unspecified atom stereocenters. The van der Waals surface area contributed by atoms with Gasteiger partial charge in [-0.2, -0.15) is 0 Å². The second kappa shape index (κ2) is 4.30. The molecule has 0 aliphatic carbocycles. The highest BCUT2D eigenvalue weighted by Gasteiger charge is 2.20. The molecule has 0 aliphatic rings. The fourth-order valence-electron chi connectivity index (χ4n) is 0.465. The first-order valence-corrected chi connectivity index (χ1v) is 4.37. The molecule has 0 aromatic rings. The van der Waals surface area contributed by atoms with Crippen LogP contribution in [0.5, 0.6) is 0 Å². The third-order valence-corrected chi connectivity index (χ3v) is 1.52. The molecule has 74 valence electrons. The van der Waals surface area contributed by atoms with Gasteiger partial charge >= 0.3 is 0 Å². The highest BCUT2D eigenvalue weighted by Crippen LogP contribution is 2.14. The molecule has 0 atom stereocenters. The van der Waals surface area contributed by atoms with Gasteiger partial charge in [0.25, 0.3) is 5.91 Å². The molecule has 0 bridgehead atoms. The van der Waals surface area contributed by atoms with Gasteiger partial charge in [-0.15, -0.1) is 0 Å². The van der Waals surface area contributed by atoms with E-state index in [9.17, 15) is 9.59 Å². The van der Waals surface area contributed by atoms with Gasteiger partial charge in [0.1, 0.15) is 0 Å². The van der Waals surface area contributed by atoms with Crippen LogP contribution >= 0.6 is 0 Å². The average molecular weight is 183 g/mol. The van der Waals surface area contributed by atoms with Crippen LogP contribution in [0.1, 0.15) is 34.6 Å². The van der Waals surface area contributed by atoms with Crippen molar-refractivity contribution in [3.63, 3.8) is 0 Å². The fraction of sp³-hybridized carbons (Fsp3) is 0.700. The normalized spacial score (nSPS) is 12.5. The fourth-order valence-corrected chi connectivity index (χ4v) is 0.465. The van der Waals surface area contributed by atoms with Gasteiger partial charge in [-0.3, -0.25) is 9.59 Å². The summed E-state index contributed by atoms with van der Waals surface area (Å²) in [7, 11) is 0. The Bertz CT molecular complexity index is 234. The largest absolute Gasteiger partial charge is 0.293 e. The van der Waals surface area contributed by atoms with Crippen LogP contribution in [-0.4, -0.2) is 17.9 Å². The highest BCUT2D eigenvalue weighted by molar-refractivity contribution is 6.30. The summed E-state index contributed by atoms with van der Waals surface area (Å²) in [6.45, 7) is 8.86.